The summed E-state index contributed by atoms with van der Waals surface area (Å²) in [6.07, 6.45) is 0. The van der Waals surface area contributed by atoms with Crippen molar-refractivity contribution in [3.05, 3.63) is 58.4 Å². The zero-order chi connectivity index (χ0) is 15.4. The maximum atomic E-state index is 14.4. The Balaban J connectivity index is 2.57. The Kier molecular flexibility index (Phi) is 5.01. The third kappa shape index (κ3) is 3.10. The molecule has 2 aromatic rings. The Morgan fingerprint density at radius 2 is 1.81 bits per heavy atom. The van der Waals surface area contributed by atoms with Gasteiger partial charge in [-0.15, -0.1) is 0 Å². The number of halogens is 2. The van der Waals surface area contributed by atoms with Crippen molar-refractivity contribution in [2.75, 3.05) is 14.2 Å². The number of ether oxygens (including phenoxy) is 2. The first-order valence-corrected chi connectivity index (χ1v) is 6.62. The summed E-state index contributed by atoms with van der Waals surface area (Å²) in [5.74, 6) is 5.84. The van der Waals surface area contributed by atoms with E-state index in [-0.39, 0.29) is 5.75 Å². The summed E-state index contributed by atoms with van der Waals surface area (Å²) < 4.78 is 24.7. The first kappa shape index (κ1) is 15.6. The maximum absolute atomic E-state index is 14.4. The number of nitrogens with one attached hydrogen (secondary N) is 1. The highest BCUT2D eigenvalue weighted by atomic mass is 35.5. The van der Waals surface area contributed by atoms with Crippen molar-refractivity contribution in [2.45, 2.75) is 6.04 Å². The number of benzene rings is 2. The molecular weight excluding hydrogens is 295 g/mol. The molecule has 0 fully saturated rings. The van der Waals surface area contributed by atoms with E-state index in [4.69, 9.17) is 26.9 Å². The van der Waals surface area contributed by atoms with Gasteiger partial charge in [-0.25, -0.2) is 9.82 Å². The van der Waals surface area contributed by atoms with Gasteiger partial charge in [0.1, 0.15) is 5.75 Å². The van der Waals surface area contributed by atoms with Crippen molar-refractivity contribution in [1.29, 1.82) is 0 Å². The van der Waals surface area contributed by atoms with Crippen molar-refractivity contribution in [3.63, 3.8) is 0 Å². The third-order valence-corrected chi connectivity index (χ3v) is 3.43. The van der Waals surface area contributed by atoms with Crippen LogP contribution in [0.2, 0.25) is 5.02 Å². The average molecular weight is 311 g/mol. The van der Waals surface area contributed by atoms with Crippen LogP contribution >= 0.6 is 11.6 Å². The van der Waals surface area contributed by atoms with Crippen LogP contribution in [-0.4, -0.2) is 14.2 Å². The van der Waals surface area contributed by atoms with Gasteiger partial charge in [0.25, 0.3) is 0 Å². The highest BCUT2D eigenvalue weighted by molar-refractivity contribution is 6.30. The fraction of sp³-hybridized carbons (Fsp3) is 0.200. The van der Waals surface area contributed by atoms with E-state index < -0.39 is 11.9 Å². The zero-order valence-electron chi connectivity index (χ0n) is 11.7. The summed E-state index contributed by atoms with van der Waals surface area (Å²) >= 11 is 6.02. The molecular formula is C15H16ClFN2O2. The van der Waals surface area contributed by atoms with Gasteiger partial charge in [-0.3, -0.25) is 5.84 Å². The monoisotopic (exact) mass is 310 g/mol. The van der Waals surface area contributed by atoms with Gasteiger partial charge in [0.05, 0.1) is 20.3 Å². The highest BCUT2D eigenvalue weighted by Gasteiger charge is 2.22. The van der Waals surface area contributed by atoms with E-state index in [1.807, 2.05) is 0 Å². The Morgan fingerprint density at radius 1 is 1.10 bits per heavy atom. The van der Waals surface area contributed by atoms with E-state index in [9.17, 15) is 4.39 Å². The number of hydrazine groups is 1. The van der Waals surface area contributed by atoms with Gasteiger partial charge < -0.3 is 9.47 Å². The largest absolute Gasteiger partial charge is 0.496 e. The average Bonchev–Trinajstić information content (AvgIpc) is 2.50. The molecule has 6 heteroatoms. The van der Waals surface area contributed by atoms with Crippen molar-refractivity contribution < 1.29 is 13.9 Å². The van der Waals surface area contributed by atoms with Crippen LogP contribution in [-0.2, 0) is 0 Å². The molecule has 2 aromatic carbocycles. The first-order valence-electron chi connectivity index (χ1n) is 6.24. The number of hydrogen-bond acceptors (Lipinski definition) is 4. The smallest absolute Gasteiger partial charge is 0.170 e. The van der Waals surface area contributed by atoms with Gasteiger partial charge >= 0.3 is 0 Å². The Morgan fingerprint density at radius 3 is 2.43 bits per heavy atom. The molecule has 0 aliphatic heterocycles. The molecule has 2 rings (SSSR count). The van der Waals surface area contributed by atoms with Gasteiger partial charge in [0.15, 0.2) is 11.6 Å². The predicted octanol–water partition coefficient (Wildman–Crippen LogP) is 3.05. The van der Waals surface area contributed by atoms with Gasteiger partial charge in [-0.1, -0.05) is 23.7 Å². The van der Waals surface area contributed by atoms with Gasteiger partial charge in [-0.2, -0.15) is 0 Å². The lowest BCUT2D eigenvalue weighted by molar-refractivity contribution is 0.379. The molecule has 0 saturated heterocycles. The SMILES string of the molecule is COc1ccc(Cl)cc1C(NN)c1cccc(OC)c1F. The molecule has 1 atom stereocenters. The van der Waals surface area contributed by atoms with Crippen molar-refractivity contribution in [2.24, 2.45) is 5.84 Å². The molecule has 21 heavy (non-hydrogen) atoms. The number of methoxy groups -OCH3 is 2. The summed E-state index contributed by atoms with van der Waals surface area (Å²) in [5, 5.41) is 0.509. The third-order valence-electron chi connectivity index (χ3n) is 3.19. The molecule has 112 valence electrons. The molecule has 0 aromatic heterocycles. The molecule has 0 spiro atoms. The quantitative estimate of drug-likeness (QED) is 0.658. The fourth-order valence-electron chi connectivity index (χ4n) is 2.19. The second kappa shape index (κ2) is 6.76. The minimum atomic E-state index is -0.617. The maximum Gasteiger partial charge on any atom is 0.170 e. The molecule has 0 aliphatic rings. The second-order valence-electron chi connectivity index (χ2n) is 4.35. The van der Waals surface area contributed by atoms with Crippen LogP contribution in [0, 0.1) is 5.82 Å². The summed E-state index contributed by atoms with van der Waals surface area (Å²) in [6, 6.07) is 9.33. The van der Waals surface area contributed by atoms with E-state index >= 15 is 0 Å². The minimum Gasteiger partial charge on any atom is -0.496 e. The second-order valence-corrected chi connectivity index (χ2v) is 4.79. The molecule has 3 N–H and O–H groups in total. The van der Waals surface area contributed by atoms with Gasteiger partial charge in [0.2, 0.25) is 0 Å². The first-order chi connectivity index (χ1) is 10.1. The summed E-state index contributed by atoms with van der Waals surface area (Å²) in [7, 11) is 2.94. The van der Waals surface area contributed by atoms with Crippen molar-refractivity contribution in [3.8, 4) is 11.5 Å². The lowest BCUT2D eigenvalue weighted by atomic mass is 9.97. The molecule has 0 aliphatic carbocycles. The minimum absolute atomic E-state index is 0.147. The van der Waals surface area contributed by atoms with E-state index in [1.165, 1.54) is 14.2 Å². The predicted molar refractivity (Wildman–Crippen MR) is 80.1 cm³/mol. The zero-order valence-corrected chi connectivity index (χ0v) is 12.4. The van der Waals surface area contributed by atoms with Crippen molar-refractivity contribution in [1.82, 2.24) is 5.43 Å². The van der Waals surface area contributed by atoms with Crippen LogP contribution in [0.15, 0.2) is 36.4 Å². The molecule has 0 bridgehead atoms. The van der Waals surface area contributed by atoms with Crippen LogP contribution < -0.4 is 20.7 Å². The highest BCUT2D eigenvalue weighted by Crippen LogP contribution is 2.34. The Labute approximate surface area is 127 Å². The molecule has 0 heterocycles. The molecule has 1 unspecified atom stereocenters. The summed E-state index contributed by atoms with van der Waals surface area (Å²) in [5.41, 5.74) is 3.58. The van der Waals surface area contributed by atoms with Crippen LogP contribution in [0.3, 0.4) is 0 Å². The number of rotatable bonds is 5. The van der Waals surface area contributed by atoms with Gasteiger partial charge in [-0.05, 0) is 24.3 Å². The Hall–Kier alpha value is -1.82. The van der Waals surface area contributed by atoms with E-state index in [2.05, 4.69) is 5.43 Å². The number of hydrogen-bond donors (Lipinski definition) is 2. The van der Waals surface area contributed by atoms with E-state index in [0.29, 0.717) is 21.9 Å². The summed E-state index contributed by atoms with van der Waals surface area (Å²) in [4.78, 5) is 0. The standard InChI is InChI=1S/C15H16ClFN2O2/c1-20-12-7-6-9(16)8-11(12)15(19-18)10-4-3-5-13(21-2)14(10)17/h3-8,15,19H,18H2,1-2H3. The topological polar surface area (TPSA) is 56.5 Å². The van der Waals surface area contributed by atoms with Crippen LogP contribution in [0.4, 0.5) is 4.39 Å². The number of nitrogens with two attached hydrogens (primary N) is 1. The van der Waals surface area contributed by atoms with E-state index in [0.717, 1.165) is 0 Å². The van der Waals surface area contributed by atoms with E-state index in [1.54, 1.807) is 36.4 Å². The lowest BCUT2D eigenvalue weighted by Gasteiger charge is -2.21. The van der Waals surface area contributed by atoms with Crippen LogP contribution in [0.25, 0.3) is 0 Å². The van der Waals surface area contributed by atoms with Gasteiger partial charge in [0, 0.05) is 16.1 Å². The molecule has 0 radical (unpaired) electrons. The summed E-state index contributed by atoms with van der Waals surface area (Å²) in [6.45, 7) is 0. The fourth-order valence-corrected chi connectivity index (χ4v) is 2.37. The normalized spacial score (nSPS) is 12.0. The molecule has 0 saturated carbocycles. The molecule has 0 amide bonds. The molecule has 4 nitrogen and oxygen atoms in total. The van der Waals surface area contributed by atoms with Crippen LogP contribution in [0.1, 0.15) is 17.2 Å². The van der Waals surface area contributed by atoms with Crippen LogP contribution in [0.5, 0.6) is 11.5 Å². The Bertz CT molecular complexity index is 637. The lowest BCUT2D eigenvalue weighted by Crippen LogP contribution is -2.30. The van der Waals surface area contributed by atoms with Crippen molar-refractivity contribution >= 4 is 11.6 Å².